The van der Waals surface area contributed by atoms with Gasteiger partial charge in [-0.25, -0.2) is 4.98 Å². The van der Waals surface area contributed by atoms with E-state index in [0.717, 1.165) is 29.2 Å². The summed E-state index contributed by atoms with van der Waals surface area (Å²) in [5, 5.41) is 0. The van der Waals surface area contributed by atoms with Crippen molar-refractivity contribution < 1.29 is 4.74 Å². The van der Waals surface area contributed by atoms with Gasteiger partial charge in [-0.3, -0.25) is 0 Å². The van der Waals surface area contributed by atoms with E-state index in [1.165, 1.54) is 44.0 Å². The third-order valence-electron chi connectivity index (χ3n) is 4.96. The predicted molar refractivity (Wildman–Crippen MR) is 115 cm³/mol. The molecule has 3 nitrogen and oxygen atoms in total. The van der Waals surface area contributed by atoms with Crippen molar-refractivity contribution >= 4 is 23.2 Å². The summed E-state index contributed by atoms with van der Waals surface area (Å²) in [6, 6.07) is 16.5. The highest BCUT2D eigenvalue weighted by molar-refractivity contribution is 5.79. The van der Waals surface area contributed by atoms with Gasteiger partial charge in [0, 0.05) is 6.54 Å². The highest BCUT2D eigenvalue weighted by atomic mass is 16.5. The maximum Gasteiger partial charge on any atom is 0.133 e. The quantitative estimate of drug-likeness (QED) is 0.381. The van der Waals surface area contributed by atoms with Gasteiger partial charge in [-0.15, -0.1) is 0 Å². The average molecular weight is 363 g/mol. The number of hydrogen-bond donors (Lipinski definition) is 0. The molecule has 0 aliphatic heterocycles. The summed E-state index contributed by atoms with van der Waals surface area (Å²) in [6.45, 7) is 3.29. The van der Waals surface area contributed by atoms with Crippen molar-refractivity contribution in [2.75, 3.05) is 7.11 Å². The van der Waals surface area contributed by atoms with Crippen LogP contribution in [0.2, 0.25) is 0 Å². The Morgan fingerprint density at radius 1 is 0.889 bits per heavy atom. The smallest absolute Gasteiger partial charge is 0.133 e. The number of imidazole rings is 1. The zero-order chi connectivity index (χ0) is 18.9. The standard InChI is InChI=1S/C24H30N2O/c1-3-4-5-6-7-10-19-26-23-12-9-8-11-22(23)25-24(26)18-15-20-13-16-21(27-2)17-14-20/h8-9,11-18H,3-7,10,19H2,1-2H3. The molecule has 2 aromatic carbocycles. The van der Waals surface area contributed by atoms with Crippen LogP contribution in [0.5, 0.6) is 5.75 Å². The second-order valence-corrected chi connectivity index (χ2v) is 6.98. The number of ether oxygens (including phenoxy) is 1. The van der Waals surface area contributed by atoms with Crippen molar-refractivity contribution in [3.8, 4) is 5.75 Å². The second kappa shape index (κ2) is 9.96. The molecule has 0 aliphatic carbocycles. The fourth-order valence-electron chi connectivity index (χ4n) is 3.39. The Balaban J connectivity index is 1.74. The Bertz CT molecular complexity index is 862. The number of methoxy groups -OCH3 is 1. The van der Waals surface area contributed by atoms with Crippen LogP contribution in [0.1, 0.15) is 56.8 Å². The third-order valence-corrected chi connectivity index (χ3v) is 4.96. The molecule has 0 atom stereocenters. The van der Waals surface area contributed by atoms with Gasteiger partial charge in [0.15, 0.2) is 0 Å². The van der Waals surface area contributed by atoms with E-state index in [1.54, 1.807) is 7.11 Å². The summed E-state index contributed by atoms with van der Waals surface area (Å²) in [6.07, 6.45) is 12.1. The number of fused-ring (bicyclic) bond motifs is 1. The van der Waals surface area contributed by atoms with Crippen LogP contribution in [-0.2, 0) is 6.54 Å². The summed E-state index contributed by atoms with van der Waals surface area (Å²) in [5.74, 6) is 1.91. The maximum absolute atomic E-state index is 5.23. The molecule has 0 unspecified atom stereocenters. The van der Waals surface area contributed by atoms with Crippen molar-refractivity contribution in [1.29, 1.82) is 0 Å². The highest BCUT2D eigenvalue weighted by Crippen LogP contribution is 2.20. The van der Waals surface area contributed by atoms with E-state index in [0.29, 0.717) is 0 Å². The van der Waals surface area contributed by atoms with Crippen LogP contribution in [0.25, 0.3) is 23.2 Å². The Morgan fingerprint density at radius 3 is 2.41 bits per heavy atom. The van der Waals surface area contributed by atoms with Gasteiger partial charge in [-0.1, -0.05) is 69.4 Å². The summed E-state index contributed by atoms with van der Waals surface area (Å²) < 4.78 is 7.59. The number of benzene rings is 2. The first-order valence-corrected chi connectivity index (χ1v) is 10.1. The lowest BCUT2D eigenvalue weighted by molar-refractivity contribution is 0.415. The number of rotatable bonds is 10. The molecule has 1 heterocycles. The van der Waals surface area contributed by atoms with Crippen molar-refractivity contribution in [3.05, 3.63) is 59.9 Å². The SMILES string of the molecule is CCCCCCCCn1c(C=Cc2ccc(OC)cc2)nc2ccccc21. The number of aromatic nitrogens is 2. The molecule has 0 saturated heterocycles. The summed E-state index contributed by atoms with van der Waals surface area (Å²) in [7, 11) is 1.69. The fourth-order valence-corrected chi connectivity index (χ4v) is 3.39. The van der Waals surface area contributed by atoms with Gasteiger partial charge in [0.2, 0.25) is 0 Å². The lowest BCUT2D eigenvalue weighted by atomic mass is 10.1. The van der Waals surface area contributed by atoms with Crippen LogP contribution in [0.15, 0.2) is 48.5 Å². The van der Waals surface area contributed by atoms with Crippen LogP contribution in [0.4, 0.5) is 0 Å². The first-order valence-electron chi connectivity index (χ1n) is 10.1. The van der Waals surface area contributed by atoms with E-state index in [4.69, 9.17) is 9.72 Å². The van der Waals surface area contributed by atoms with Gasteiger partial charge >= 0.3 is 0 Å². The van der Waals surface area contributed by atoms with E-state index < -0.39 is 0 Å². The number of unbranched alkanes of at least 4 members (excludes halogenated alkanes) is 5. The minimum Gasteiger partial charge on any atom is -0.497 e. The van der Waals surface area contributed by atoms with Crippen LogP contribution in [0.3, 0.4) is 0 Å². The van der Waals surface area contributed by atoms with Crippen molar-refractivity contribution in [2.24, 2.45) is 0 Å². The van der Waals surface area contributed by atoms with E-state index in [1.807, 2.05) is 12.1 Å². The number of hydrogen-bond acceptors (Lipinski definition) is 2. The van der Waals surface area contributed by atoms with Crippen LogP contribution in [-0.4, -0.2) is 16.7 Å². The summed E-state index contributed by atoms with van der Waals surface area (Å²) in [4.78, 5) is 4.84. The molecule has 0 fully saturated rings. The largest absolute Gasteiger partial charge is 0.497 e. The first kappa shape index (κ1) is 19.2. The van der Waals surface area contributed by atoms with Crippen LogP contribution in [0, 0.1) is 0 Å². The molecule has 3 heteroatoms. The molecule has 27 heavy (non-hydrogen) atoms. The molecule has 0 radical (unpaired) electrons. The van der Waals surface area contributed by atoms with Crippen LogP contribution >= 0.6 is 0 Å². The van der Waals surface area contributed by atoms with E-state index in [2.05, 4.69) is 60.0 Å². The van der Waals surface area contributed by atoms with Crippen molar-refractivity contribution in [3.63, 3.8) is 0 Å². The Hall–Kier alpha value is -2.55. The molecular weight excluding hydrogens is 332 g/mol. The Kier molecular flexibility index (Phi) is 7.09. The molecule has 0 spiro atoms. The fraction of sp³-hybridized carbons (Fsp3) is 0.375. The zero-order valence-corrected chi connectivity index (χ0v) is 16.5. The molecule has 0 N–H and O–H groups in total. The zero-order valence-electron chi connectivity index (χ0n) is 16.5. The lowest BCUT2D eigenvalue weighted by Crippen LogP contribution is -2.00. The maximum atomic E-state index is 5.23. The van der Waals surface area contributed by atoms with Gasteiger partial charge in [-0.2, -0.15) is 0 Å². The van der Waals surface area contributed by atoms with Gasteiger partial charge in [0.25, 0.3) is 0 Å². The average Bonchev–Trinajstić information content (AvgIpc) is 3.07. The Morgan fingerprint density at radius 2 is 1.63 bits per heavy atom. The molecule has 0 aliphatic rings. The Labute approximate surface area is 162 Å². The first-order chi connectivity index (χ1) is 13.3. The summed E-state index contributed by atoms with van der Waals surface area (Å²) >= 11 is 0. The molecule has 0 amide bonds. The van der Waals surface area contributed by atoms with Crippen molar-refractivity contribution in [1.82, 2.24) is 9.55 Å². The van der Waals surface area contributed by atoms with Crippen LogP contribution < -0.4 is 4.74 Å². The molecule has 142 valence electrons. The van der Waals surface area contributed by atoms with Gasteiger partial charge < -0.3 is 9.30 Å². The number of nitrogens with zero attached hydrogens (tertiary/aromatic N) is 2. The monoisotopic (exact) mass is 362 g/mol. The van der Waals surface area contributed by atoms with Gasteiger partial charge in [0.05, 0.1) is 18.1 Å². The molecule has 3 aromatic rings. The topological polar surface area (TPSA) is 27.1 Å². The van der Waals surface area contributed by atoms with E-state index >= 15 is 0 Å². The van der Waals surface area contributed by atoms with E-state index in [9.17, 15) is 0 Å². The summed E-state index contributed by atoms with van der Waals surface area (Å²) in [5.41, 5.74) is 3.44. The normalized spacial score (nSPS) is 11.5. The lowest BCUT2D eigenvalue weighted by Gasteiger charge is -2.07. The molecule has 0 bridgehead atoms. The molecule has 0 saturated carbocycles. The van der Waals surface area contributed by atoms with Crippen molar-refractivity contribution in [2.45, 2.75) is 52.0 Å². The highest BCUT2D eigenvalue weighted by Gasteiger charge is 2.07. The predicted octanol–water partition coefficient (Wildman–Crippen LogP) is 6.58. The third kappa shape index (κ3) is 5.22. The number of para-hydroxylation sites is 2. The molecular formula is C24H30N2O. The van der Waals surface area contributed by atoms with Gasteiger partial charge in [-0.05, 0) is 42.3 Å². The van der Waals surface area contributed by atoms with Gasteiger partial charge in [0.1, 0.15) is 11.6 Å². The minimum atomic E-state index is 0.877. The second-order valence-electron chi connectivity index (χ2n) is 6.98. The molecule has 1 aromatic heterocycles. The van der Waals surface area contributed by atoms with E-state index in [-0.39, 0.29) is 0 Å². The minimum absolute atomic E-state index is 0.877. The molecule has 3 rings (SSSR count). The number of aryl methyl sites for hydroxylation is 1.